The van der Waals surface area contributed by atoms with E-state index >= 15 is 0 Å². The molecule has 0 aliphatic rings. The Kier molecular flexibility index (Phi) is 5.26. The Hall–Kier alpha value is -2.50. The van der Waals surface area contributed by atoms with Gasteiger partial charge in [-0.1, -0.05) is 23.2 Å². The third kappa shape index (κ3) is 4.53. The topological polar surface area (TPSA) is 59.1 Å². The molecule has 0 aliphatic heterocycles. The van der Waals surface area contributed by atoms with Gasteiger partial charge in [0.05, 0.1) is 17.8 Å². The molecule has 0 fully saturated rings. The quantitative estimate of drug-likeness (QED) is 0.609. The van der Waals surface area contributed by atoms with Crippen LogP contribution >= 0.6 is 23.2 Å². The molecule has 0 saturated carbocycles. The number of anilines is 4. The van der Waals surface area contributed by atoms with Crippen LogP contribution in [0.4, 0.5) is 23.1 Å². The van der Waals surface area contributed by atoms with E-state index in [0.29, 0.717) is 27.5 Å². The van der Waals surface area contributed by atoms with Gasteiger partial charge in [0, 0.05) is 22.5 Å². The van der Waals surface area contributed by atoms with Crippen molar-refractivity contribution >= 4 is 46.3 Å². The molecule has 25 heavy (non-hydrogen) atoms. The third-order valence-corrected chi connectivity index (χ3v) is 3.94. The van der Waals surface area contributed by atoms with E-state index in [-0.39, 0.29) is 0 Å². The number of hydrogen-bond donors (Lipinski definition) is 2. The van der Waals surface area contributed by atoms with Crippen LogP contribution in [0, 0.1) is 6.92 Å². The van der Waals surface area contributed by atoms with Crippen LogP contribution in [0.5, 0.6) is 5.75 Å². The molecule has 0 unspecified atom stereocenters. The molecule has 7 heteroatoms. The SMILES string of the molecule is COc1ccc(Nc2cc(C)nc(Nc3ccc(Cl)cc3Cl)n2)cc1. The lowest BCUT2D eigenvalue weighted by molar-refractivity contribution is 0.415. The van der Waals surface area contributed by atoms with Gasteiger partial charge < -0.3 is 15.4 Å². The van der Waals surface area contributed by atoms with Crippen molar-refractivity contribution < 1.29 is 4.74 Å². The number of methoxy groups -OCH3 is 1. The number of nitrogens with zero attached hydrogens (tertiary/aromatic N) is 2. The average Bonchev–Trinajstić information content (AvgIpc) is 2.58. The summed E-state index contributed by atoms with van der Waals surface area (Å²) in [6.45, 7) is 1.90. The van der Waals surface area contributed by atoms with E-state index in [1.165, 1.54) is 0 Å². The van der Waals surface area contributed by atoms with Crippen LogP contribution in [-0.4, -0.2) is 17.1 Å². The predicted octanol–water partition coefficient (Wildman–Crippen LogP) is 5.59. The zero-order valence-electron chi connectivity index (χ0n) is 13.7. The van der Waals surface area contributed by atoms with Gasteiger partial charge in [0.25, 0.3) is 0 Å². The predicted molar refractivity (Wildman–Crippen MR) is 103 cm³/mol. The summed E-state index contributed by atoms with van der Waals surface area (Å²) >= 11 is 12.1. The molecule has 0 radical (unpaired) electrons. The van der Waals surface area contributed by atoms with E-state index < -0.39 is 0 Å². The lowest BCUT2D eigenvalue weighted by atomic mass is 10.3. The highest BCUT2D eigenvalue weighted by molar-refractivity contribution is 6.36. The summed E-state index contributed by atoms with van der Waals surface area (Å²) < 4.78 is 5.16. The van der Waals surface area contributed by atoms with E-state index in [1.807, 2.05) is 37.3 Å². The zero-order valence-corrected chi connectivity index (χ0v) is 15.2. The minimum atomic E-state index is 0.445. The van der Waals surface area contributed by atoms with Gasteiger partial charge in [-0.05, 0) is 49.4 Å². The molecule has 1 heterocycles. The van der Waals surface area contributed by atoms with Gasteiger partial charge in [-0.2, -0.15) is 4.98 Å². The minimum Gasteiger partial charge on any atom is -0.497 e. The molecule has 0 bridgehead atoms. The van der Waals surface area contributed by atoms with E-state index in [1.54, 1.807) is 25.3 Å². The number of benzene rings is 2. The van der Waals surface area contributed by atoms with Crippen LogP contribution in [0.3, 0.4) is 0 Å². The highest BCUT2D eigenvalue weighted by atomic mass is 35.5. The van der Waals surface area contributed by atoms with Crippen LogP contribution in [0.25, 0.3) is 0 Å². The van der Waals surface area contributed by atoms with E-state index in [9.17, 15) is 0 Å². The summed E-state index contributed by atoms with van der Waals surface area (Å²) in [6, 6.07) is 14.6. The summed E-state index contributed by atoms with van der Waals surface area (Å²) in [7, 11) is 1.63. The Morgan fingerprint density at radius 1 is 0.920 bits per heavy atom. The molecule has 0 spiro atoms. The van der Waals surface area contributed by atoms with Gasteiger partial charge in [-0.3, -0.25) is 0 Å². The Labute approximate surface area is 156 Å². The van der Waals surface area contributed by atoms with Crippen LogP contribution in [-0.2, 0) is 0 Å². The molecule has 3 aromatic rings. The van der Waals surface area contributed by atoms with E-state index in [2.05, 4.69) is 20.6 Å². The fourth-order valence-electron chi connectivity index (χ4n) is 2.22. The average molecular weight is 375 g/mol. The number of halogens is 2. The van der Waals surface area contributed by atoms with Crippen molar-refractivity contribution in [2.75, 3.05) is 17.7 Å². The first kappa shape index (κ1) is 17.3. The van der Waals surface area contributed by atoms with Gasteiger partial charge >= 0.3 is 0 Å². The van der Waals surface area contributed by atoms with E-state index in [0.717, 1.165) is 17.1 Å². The number of nitrogens with one attached hydrogen (secondary N) is 2. The van der Waals surface area contributed by atoms with Gasteiger partial charge in [0.15, 0.2) is 0 Å². The van der Waals surface area contributed by atoms with Crippen molar-refractivity contribution in [2.24, 2.45) is 0 Å². The normalized spacial score (nSPS) is 10.4. The van der Waals surface area contributed by atoms with Crippen LogP contribution < -0.4 is 15.4 Å². The first-order valence-corrected chi connectivity index (χ1v) is 8.28. The Bertz CT molecular complexity index is 885. The number of rotatable bonds is 5. The molecule has 0 atom stereocenters. The fourth-order valence-corrected chi connectivity index (χ4v) is 2.68. The number of aryl methyl sites for hydroxylation is 1. The first-order valence-electron chi connectivity index (χ1n) is 7.52. The molecule has 0 aliphatic carbocycles. The van der Waals surface area contributed by atoms with Crippen molar-refractivity contribution in [3.8, 4) is 5.75 Å². The second-order valence-corrected chi connectivity index (χ2v) is 6.16. The molecule has 128 valence electrons. The van der Waals surface area contributed by atoms with Crippen LogP contribution in [0.15, 0.2) is 48.5 Å². The van der Waals surface area contributed by atoms with Gasteiger partial charge in [-0.25, -0.2) is 4.98 Å². The van der Waals surface area contributed by atoms with Crippen molar-refractivity contribution in [2.45, 2.75) is 6.92 Å². The van der Waals surface area contributed by atoms with Crippen molar-refractivity contribution in [3.63, 3.8) is 0 Å². The maximum atomic E-state index is 6.19. The molecule has 0 amide bonds. The molecule has 2 aromatic carbocycles. The van der Waals surface area contributed by atoms with Gasteiger partial charge in [0.1, 0.15) is 11.6 Å². The Morgan fingerprint density at radius 3 is 2.36 bits per heavy atom. The zero-order chi connectivity index (χ0) is 17.8. The Balaban J connectivity index is 1.82. The summed E-state index contributed by atoms with van der Waals surface area (Å²) in [6.07, 6.45) is 0. The summed E-state index contributed by atoms with van der Waals surface area (Å²) in [5.74, 6) is 1.91. The monoisotopic (exact) mass is 374 g/mol. The second kappa shape index (κ2) is 7.59. The first-order chi connectivity index (χ1) is 12.0. The maximum absolute atomic E-state index is 6.19. The Morgan fingerprint density at radius 2 is 1.68 bits per heavy atom. The number of ether oxygens (including phenoxy) is 1. The lowest BCUT2D eigenvalue weighted by Gasteiger charge is -2.11. The smallest absolute Gasteiger partial charge is 0.229 e. The molecule has 0 saturated heterocycles. The summed E-state index contributed by atoms with van der Waals surface area (Å²) in [5, 5.41) is 7.43. The summed E-state index contributed by atoms with van der Waals surface area (Å²) in [4.78, 5) is 8.86. The van der Waals surface area contributed by atoms with Crippen molar-refractivity contribution in [1.82, 2.24) is 9.97 Å². The third-order valence-electron chi connectivity index (χ3n) is 3.39. The second-order valence-electron chi connectivity index (χ2n) is 5.32. The van der Waals surface area contributed by atoms with Gasteiger partial charge in [0.2, 0.25) is 5.95 Å². The molecule has 3 rings (SSSR count). The van der Waals surface area contributed by atoms with Crippen molar-refractivity contribution in [1.29, 1.82) is 0 Å². The fraction of sp³-hybridized carbons (Fsp3) is 0.111. The molecular weight excluding hydrogens is 359 g/mol. The largest absolute Gasteiger partial charge is 0.497 e. The minimum absolute atomic E-state index is 0.445. The van der Waals surface area contributed by atoms with Crippen molar-refractivity contribution in [3.05, 3.63) is 64.3 Å². The van der Waals surface area contributed by atoms with Gasteiger partial charge in [-0.15, -0.1) is 0 Å². The maximum Gasteiger partial charge on any atom is 0.229 e. The number of hydrogen-bond acceptors (Lipinski definition) is 5. The molecule has 2 N–H and O–H groups in total. The molecule has 1 aromatic heterocycles. The highest BCUT2D eigenvalue weighted by Gasteiger charge is 2.07. The summed E-state index contributed by atoms with van der Waals surface area (Å²) in [5.41, 5.74) is 2.40. The standard InChI is InChI=1S/C18H16Cl2N4O/c1-11-9-17(22-13-4-6-14(25-2)7-5-13)24-18(21-11)23-16-8-3-12(19)10-15(16)20/h3-10H,1-2H3,(H2,21,22,23,24). The van der Waals surface area contributed by atoms with E-state index in [4.69, 9.17) is 27.9 Å². The molecular formula is C18H16Cl2N4O. The number of aromatic nitrogens is 2. The van der Waals surface area contributed by atoms with Crippen LogP contribution in [0.1, 0.15) is 5.69 Å². The highest BCUT2D eigenvalue weighted by Crippen LogP contribution is 2.28. The lowest BCUT2D eigenvalue weighted by Crippen LogP contribution is -2.02. The van der Waals surface area contributed by atoms with Crippen LogP contribution in [0.2, 0.25) is 10.0 Å². The molecule has 5 nitrogen and oxygen atoms in total.